The molecule has 2 aromatic carbocycles. The van der Waals surface area contributed by atoms with E-state index in [1.807, 2.05) is 54.6 Å². The molecule has 30 heavy (non-hydrogen) atoms. The predicted octanol–water partition coefficient (Wildman–Crippen LogP) is 5.91. The van der Waals surface area contributed by atoms with Crippen LogP contribution in [-0.4, -0.2) is 24.6 Å². The lowest BCUT2D eigenvalue weighted by Gasteiger charge is -2.19. The number of ether oxygens (including phenoxy) is 1. The Hall–Kier alpha value is -2.72. The summed E-state index contributed by atoms with van der Waals surface area (Å²) in [6.07, 6.45) is 3.21. The van der Waals surface area contributed by atoms with E-state index >= 15 is 0 Å². The molecule has 0 radical (unpaired) electrons. The SMILES string of the molecule is CC(=O)CCNCc1ccc(OCC2=CC(c3ccccc3)=C(C(C)(C)F)C2)cc1.[HH]. The molecule has 0 heterocycles. The molecule has 1 aliphatic carbocycles. The number of ketones is 1. The molecule has 0 bridgehead atoms. The average Bonchev–Trinajstić information content (AvgIpc) is 3.16. The molecule has 0 amide bonds. The first-order valence-electron chi connectivity index (χ1n) is 10.4. The molecule has 0 fully saturated rings. The van der Waals surface area contributed by atoms with Gasteiger partial charge in [0.2, 0.25) is 0 Å². The summed E-state index contributed by atoms with van der Waals surface area (Å²) in [6, 6.07) is 17.9. The maximum atomic E-state index is 14.8. The fourth-order valence-corrected chi connectivity index (χ4v) is 3.54. The molecule has 3 nitrogen and oxygen atoms in total. The molecule has 0 saturated carbocycles. The molecule has 4 heteroatoms. The highest BCUT2D eigenvalue weighted by Gasteiger charge is 2.30. The van der Waals surface area contributed by atoms with Crippen LogP contribution in [0.25, 0.3) is 5.57 Å². The number of rotatable bonds is 10. The molecule has 0 aliphatic heterocycles. The third kappa shape index (κ3) is 6.14. The number of halogens is 1. The number of carbonyl (C=O) groups excluding carboxylic acids is 1. The minimum atomic E-state index is -1.37. The second-order valence-electron chi connectivity index (χ2n) is 8.27. The molecular weight excluding hydrogens is 377 g/mol. The number of hydrogen-bond donors (Lipinski definition) is 1. The van der Waals surface area contributed by atoms with Crippen molar-refractivity contribution >= 4 is 11.4 Å². The van der Waals surface area contributed by atoms with Gasteiger partial charge in [0.25, 0.3) is 0 Å². The number of nitrogens with one attached hydrogen (secondary N) is 1. The summed E-state index contributed by atoms with van der Waals surface area (Å²) in [5, 5.41) is 3.26. The third-order valence-corrected chi connectivity index (χ3v) is 5.21. The Labute approximate surface area is 180 Å². The van der Waals surface area contributed by atoms with Crippen molar-refractivity contribution in [3.8, 4) is 5.75 Å². The quantitative estimate of drug-likeness (QED) is 0.496. The molecule has 3 rings (SSSR count). The van der Waals surface area contributed by atoms with Crippen molar-refractivity contribution in [2.24, 2.45) is 0 Å². The van der Waals surface area contributed by atoms with Crippen LogP contribution in [0.15, 0.2) is 71.8 Å². The lowest BCUT2D eigenvalue weighted by atomic mass is 9.92. The van der Waals surface area contributed by atoms with Crippen LogP contribution < -0.4 is 10.1 Å². The van der Waals surface area contributed by atoms with E-state index in [0.29, 0.717) is 26.0 Å². The Kier molecular flexibility index (Phi) is 7.22. The van der Waals surface area contributed by atoms with Gasteiger partial charge in [-0.3, -0.25) is 4.79 Å². The van der Waals surface area contributed by atoms with E-state index in [4.69, 9.17) is 4.74 Å². The van der Waals surface area contributed by atoms with Gasteiger partial charge in [0, 0.05) is 20.9 Å². The van der Waals surface area contributed by atoms with Crippen molar-refractivity contribution < 1.29 is 15.3 Å². The number of hydrogen-bond acceptors (Lipinski definition) is 3. The van der Waals surface area contributed by atoms with Gasteiger partial charge in [0.1, 0.15) is 23.8 Å². The molecule has 0 unspecified atom stereocenters. The lowest BCUT2D eigenvalue weighted by Crippen LogP contribution is -2.17. The maximum Gasteiger partial charge on any atom is 0.131 e. The van der Waals surface area contributed by atoms with Crippen LogP contribution in [-0.2, 0) is 11.3 Å². The van der Waals surface area contributed by atoms with Crippen LogP contribution in [0.1, 0.15) is 46.2 Å². The van der Waals surface area contributed by atoms with Crippen molar-refractivity contribution in [1.29, 1.82) is 0 Å². The smallest absolute Gasteiger partial charge is 0.131 e. The number of alkyl halides is 1. The van der Waals surface area contributed by atoms with E-state index < -0.39 is 5.67 Å². The van der Waals surface area contributed by atoms with Gasteiger partial charge < -0.3 is 10.1 Å². The largest absolute Gasteiger partial charge is 0.489 e. The Bertz CT molecular complexity index is 928. The Morgan fingerprint density at radius 2 is 1.83 bits per heavy atom. The summed E-state index contributed by atoms with van der Waals surface area (Å²) in [7, 11) is 0. The lowest BCUT2D eigenvalue weighted by molar-refractivity contribution is -0.116. The summed E-state index contributed by atoms with van der Waals surface area (Å²) in [5.74, 6) is 0.981. The number of allylic oxidation sites excluding steroid dienone is 3. The van der Waals surface area contributed by atoms with Crippen molar-refractivity contribution in [1.82, 2.24) is 5.32 Å². The second kappa shape index (κ2) is 9.86. The highest BCUT2D eigenvalue weighted by molar-refractivity contribution is 5.82. The first kappa shape index (κ1) is 22.0. The van der Waals surface area contributed by atoms with Crippen molar-refractivity contribution in [2.45, 2.75) is 45.8 Å². The summed E-state index contributed by atoms with van der Waals surface area (Å²) in [6.45, 7) is 6.68. The fourth-order valence-electron chi connectivity index (χ4n) is 3.54. The van der Waals surface area contributed by atoms with Crippen LogP contribution in [0.4, 0.5) is 4.39 Å². The van der Waals surface area contributed by atoms with E-state index in [1.165, 1.54) is 0 Å². The van der Waals surface area contributed by atoms with Gasteiger partial charge in [-0.25, -0.2) is 4.39 Å². The number of benzene rings is 2. The van der Waals surface area contributed by atoms with Gasteiger partial charge >= 0.3 is 0 Å². The molecule has 0 spiro atoms. The zero-order chi connectivity index (χ0) is 21.6. The first-order valence-corrected chi connectivity index (χ1v) is 10.4. The monoisotopic (exact) mass is 409 g/mol. The minimum absolute atomic E-state index is 0. The van der Waals surface area contributed by atoms with Gasteiger partial charge in [0.05, 0.1) is 0 Å². The van der Waals surface area contributed by atoms with Gasteiger partial charge in [-0.1, -0.05) is 48.5 Å². The van der Waals surface area contributed by atoms with Gasteiger partial charge in [0.15, 0.2) is 0 Å². The molecule has 160 valence electrons. The first-order chi connectivity index (χ1) is 14.3. The molecular formula is C26H32FNO2. The molecule has 0 aromatic heterocycles. The van der Waals surface area contributed by atoms with Crippen LogP contribution in [0.2, 0.25) is 0 Å². The standard InChI is InChI=1S/C26H30FNO2.H2/c1-19(29)13-14-28-17-20-9-11-23(12-10-20)30-18-21-15-24(22-7-5-4-6-8-22)25(16-21)26(2,3)27;/h4-12,15,28H,13-14,16-18H2,1-3H3;1H. The van der Waals surface area contributed by atoms with Gasteiger partial charge in [-0.15, -0.1) is 0 Å². The molecule has 1 aliphatic rings. The summed E-state index contributed by atoms with van der Waals surface area (Å²) in [4.78, 5) is 11.0. The Morgan fingerprint density at radius 3 is 2.47 bits per heavy atom. The van der Waals surface area contributed by atoms with E-state index in [9.17, 15) is 9.18 Å². The summed E-state index contributed by atoms with van der Waals surface area (Å²) >= 11 is 0. The highest BCUT2D eigenvalue weighted by Crippen LogP contribution is 2.40. The van der Waals surface area contributed by atoms with Crippen LogP contribution in [0.3, 0.4) is 0 Å². The Balaban J connectivity index is 0.00000341. The molecule has 0 atom stereocenters. The molecule has 1 N–H and O–H groups in total. The Morgan fingerprint density at radius 1 is 1.13 bits per heavy atom. The summed E-state index contributed by atoms with van der Waals surface area (Å²) < 4.78 is 20.8. The van der Waals surface area contributed by atoms with Crippen molar-refractivity contribution in [3.05, 3.63) is 82.9 Å². The molecule has 2 aromatic rings. The fraction of sp³-hybridized carbons (Fsp3) is 0.346. The number of Topliss-reactive ketones (excluding diaryl/α,β-unsaturated/α-hetero) is 1. The van der Waals surface area contributed by atoms with E-state index in [2.05, 4.69) is 11.4 Å². The average molecular weight is 410 g/mol. The van der Waals surface area contributed by atoms with Crippen LogP contribution in [0, 0.1) is 0 Å². The zero-order valence-corrected chi connectivity index (χ0v) is 18.0. The van der Waals surface area contributed by atoms with Crippen LogP contribution >= 0.6 is 0 Å². The van der Waals surface area contributed by atoms with E-state index in [1.54, 1.807) is 20.8 Å². The number of carbonyl (C=O) groups is 1. The third-order valence-electron chi connectivity index (χ3n) is 5.21. The van der Waals surface area contributed by atoms with Gasteiger partial charge in [-0.05, 0) is 67.2 Å². The normalized spacial score (nSPS) is 14.1. The van der Waals surface area contributed by atoms with Crippen LogP contribution in [0.5, 0.6) is 5.75 Å². The van der Waals surface area contributed by atoms with Crippen molar-refractivity contribution in [2.75, 3.05) is 13.2 Å². The highest BCUT2D eigenvalue weighted by atomic mass is 19.1. The van der Waals surface area contributed by atoms with Gasteiger partial charge in [-0.2, -0.15) is 0 Å². The van der Waals surface area contributed by atoms with Crippen molar-refractivity contribution in [3.63, 3.8) is 0 Å². The topological polar surface area (TPSA) is 38.3 Å². The van der Waals surface area contributed by atoms with E-state index in [-0.39, 0.29) is 7.21 Å². The second-order valence-corrected chi connectivity index (χ2v) is 8.27. The van der Waals surface area contributed by atoms with E-state index in [0.717, 1.165) is 40.1 Å². The summed E-state index contributed by atoms with van der Waals surface area (Å²) in [5.41, 5.74) is 3.65. The zero-order valence-electron chi connectivity index (χ0n) is 18.0. The maximum absolute atomic E-state index is 14.8. The molecule has 0 saturated heterocycles. The minimum Gasteiger partial charge on any atom is -0.489 e. The predicted molar refractivity (Wildman–Crippen MR) is 122 cm³/mol.